The topological polar surface area (TPSA) is 64.9 Å². The highest BCUT2D eigenvalue weighted by atomic mass is 16.5. The molecule has 1 aliphatic carbocycles. The molecule has 1 saturated heterocycles. The number of fused-ring (bicyclic) bond motifs is 1. The van der Waals surface area contributed by atoms with E-state index in [0.717, 1.165) is 31.1 Å². The summed E-state index contributed by atoms with van der Waals surface area (Å²) in [7, 11) is 0. The van der Waals surface area contributed by atoms with Crippen molar-refractivity contribution in [3.63, 3.8) is 0 Å². The summed E-state index contributed by atoms with van der Waals surface area (Å²) in [5.74, 6) is 1.30. The number of tetrazole rings is 1. The summed E-state index contributed by atoms with van der Waals surface area (Å²) in [4.78, 5) is 0. The average Bonchev–Trinajstić information content (AvgIpc) is 3.17. The molecule has 3 atom stereocenters. The fraction of sp³-hybridized carbons (Fsp3) is 0.562. The first kappa shape index (κ1) is 13.7. The van der Waals surface area contributed by atoms with Crippen LogP contribution >= 0.6 is 0 Å². The Hall–Kier alpha value is -1.95. The molecule has 0 amide bonds. The minimum atomic E-state index is 0.399. The lowest BCUT2D eigenvalue weighted by Crippen LogP contribution is -2.38. The molecule has 3 unspecified atom stereocenters. The third kappa shape index (κ3) is 2.47. The van der Waals surface area contributed by atoms with Gasteiger partial charge < -0.3 is 10.1 Å². The van der Waals surface area contributed by atoms with Gasteiger partial charge in [0.15, 0.2) is 0 Å². The smallest absolute Gasteiger partial charge is 0.247 e. The third-order valence-electron chi connectivity index (χ3n) is 4.84. The van der Waals surface area contributed by atoms with Gasteiger partial charge in [-0.05, 0) is 55.2 Å². The normalized spacial score (nSPS) is 27.6. The molecule has 0 bridgehead atoms. The molecule has 2 heterocycles. The van der Waals surface area contributed by atoms with E-state index in [1.165, 1.54) is 18.4 Å². The minimum absolute atomic E-state index is 0.399. The van der Waals surface area contributed by atoms with Crippen LogP contribution in [0, 0.1) is 12.8 Å². The maximum atomic E-state index is 5.84. The predicted octanol–water partition coefficient (Wildman–Crippen LogP) is 2.34. The van der Waals surface area contributed by atoms with Gasteiger partial charge in [-0.25, -0.2) is 0 Å². The Morgan fingerprint density at radius 2 is 2.05 bits per heavy atom. The van der Waals surface area contributed by atoms with Crippen LogP contribution in [0.25, 0.3) is 5.69 Å². The van der Waals surface area contributed by atoms with Crippen molar-refractivity contribution in [1.29, 1.82) is 0 Å². The number of hydrogen-bond donors (Lipinski definition) is 1. The number of ether oxygens (including phenoxy) is 1. The van der Waals surface area contributed by atoms with Gasteiger partial charge in [-0.2, -0.15) is 4.68 Å². The molecule has 116 valence electrons. The summed E-state index contributed by atoms with van der Waals surface area (Å²) in [5.41, 5.74) is 2.21. The molecule has 0 spiro atoms. The maximum absolute atomic E-state index is 5.84. The molecule has 1 aromatic heterocycles. The lowest BCUT2D eigenvalue weighted by Gasteiger charge is -2.33. The highest BCUT2D eigenvalue weighted by Gasteiger charge is 2.38. The second-order valence-electron chi connectivity index (χ2n) is 6.29. The van der Waals surface area contributed by atoms with Crippen molar-refractivity contribution in [3.05, 3.63) is 29.8 Å². The van der Waals surface area contributed by atoms with Crippen molar-refractivity contribution in [1.82, 2.24) is 20.2 Å². The number of aryl methyl sites for hydroxylation is 1. The first-order valence-electron chi connectivity index (χ1n) is 8.05. The number of nitrogens with one attached hydrogen (secondary N) is 1. The van der Waals surface area contributed by atoms with Crippen molar-refractivity contribution in [3.8, 4) is 5.69 Å². The molecule has 0 radical (unpaired) electrons. The van der Waals surface area contributed by atoms with Crippen LogP contribution in [0.5, 0.6) is 0 Å². The van der Waals surface area contributed by atoms with Crippen molar-refractivity contribution in [2.75, 3.05) is 11.9 Å². The summed E-state index contributed by atoms with van der Waals surface area (Å²) < 4.78 is 7.61. The number of aromatic nitrogens is 4. The number of hydrogen-bond acceptors (Lipinski definition) is 5. The van der Waals surface area contributed by atoms with Gasteiger partial charge in [-0.15, -0.1) is 0 Å². The Morgan fingerprint density at radius 3 is 2.91 bits per heavy atom. The minimum Gasteiger partial charge on any atom is -0.378 e. The van der Waals surface area contributed by atoms with E-state index in [0.29, 0.717) is 18.1 Å². The fourth-order valence-electron chi connectivity index (χ4n) is 3.66. The fourth-order valence-corrected chi connectivity index (χ4v) is 3.66. The van der Waals surface area contributed by atoms with E-state index < -0.39 is 0 Å². The van der Waals surface area contributed by atoms with E-state index in [1.54, 1.807) is 4.68 Å². The van der Waals surface area contributed by atoms with Crippen LogP contribution in [-0.4, -0.2) is 39.0 Å². The molecule has 2 aliphatic rings. The molecule has 1 N–H and O–H groups in total. The van der Waals surface area contributed by atoms with E-state index in [1.807, 2.05) is 12.1 Å². The number of rotatable bonds is 3. The summed E-state index contributed by atoms with van der Waals surface area (Å²) in [6.07, 6.45) is 5.09. The second-order valence-corrected chi connectivity index (χ2v) is 6.29. The Morgan fingerprint density at radius 1 is 1.18 bits per heavy atom. The number of nitrogens with zero attached hydrogens (tertiary/aromatic N) is 4. The lowest BCUT2D eigenvalue weighted by atomic mass is 9.82. The van der Waals surface area contributed by atoms with Crippen molar-refractivity contribution >= 4 is 5.95 Å². The van der Waals surface area contributed by atoms with Crippen LogP contribution < -0.4 is 5.32 Å². The predicted molar refractivity (Wildman–Crippen MR) is 83.0 cm³/mol. The monoisotopic (exact) mass is 299 g/mol. The van der Waals surface area contributed by atoms with Crippen LogP contribution in [0.4, 0.5) is 5.95 Å². The molecule has 6 nitrogen and oxygen atoms in total. The standard InChI is InChI=1S/C16H21N5O/c1-11-5-7-12(8-6-11)21-16(18-19-20-21)17-14-3-2-4-15-13(14)9-10-22-15/h5-8,13-15H,2-4,9-10H2,1H3,(H,17,18,20). The number of benzene rings is 1. The van der Waals surface area contributed by atoms with Gasteiger partial charge in [0.25, 0.3) is 0 Å². The van der Waals surface area contributed by atoms with Gasteiger partial charge in [-0.3, -0.25) is 0 Å². The quantitative estimate of drug-likeness (QED) is 0.942. The van der Waals surface area contributed by atoms with Gasteiger partial charge in [0, 0.05) is 18.6 Å². The Balaban J connectivity index is 1.56. The van der Waals surface area contributed by atoms with E-state index >= 15 is 0 Å². The van der Waals surface area contributed by atoms with Crippen LogP contribution in [0.2, 0.25) is 0 Å². The maximum Gasteiger partial charge on any atom is 0.247 e. The van der Waals surface area contributed by atoms with E-state index in [4.69, 9.17) is 4.74 Å². The van der Waals surface area contributed by atoms with Crippen molar-refractivity contribution < 1.29 is 4.74 Å². The van der Waals surface area contributed by atoms with Crippen LogP contribution in [0.1, 0.15) is 31.2 Å². The highest BCUT2D eigenvalue weighted by molar-refractivity contribution is 5.40. The zero-order valence-electron chi connectivity index (χ0n) is 12.8. The van der Waals surface area contributed by atoms with E-state index in [-0.39, 0.29) is 0 Å². The van der Waals surface area contributed by atoms with Crippen LogP contribution in [0.3, 0.4) is 0 Å². The molecule has 1 aromatic carbocycles. The molecule has 6 heteroatoms. The Bertz CT molecular complexity index is 638. The summed E-state index contributed by atoms with van der Waals surface area (Å²) >= 11 is 0. The third-order valence-corrected chi connectivity index (χ3v) is 4.84. The molecule has 22 heavy (non-hydrogen) atoms. The van der Waals surface area contributed by atoms with Gasteiger partial charge in [0.05, 0.1) is 11.8 Å². The lowest BCUT2D eigenvalue weighted by molar-refractivity contribution is 0.0619. The Labute approximate surface area is 129 Å². The molecular formula is C16H21N5O. The Kier molecular flexibility index (Phi) is 3.54. The largest absolute Gasteiger partial charge is 0.378 e. The molecular weight excluding hydrogens is 278 g/mol. The van der Waals surface area contributed by atoms with Gasteiger partial charge in [-0.1, -0.05) is 22.8 Å². The summed E-state index contributed by atoms with van der Waals surface area (Å²) in [6, 6.07) is 8.62. The van der Waals surface area contributed by atoms with E-state index in [9.17, 15) is 0 Å². The molecule has 2 fully saturated rings. The molecule has 1 aliphatic heterocycles. The van der Waals surface area contributed by atoms with Crippen LogP contribution in [0.15, 0.2) is 24.3 Å². The average molecular weight is 299 g/mol. The van der Waals surface area contributed by atoms with Gasteiger partial charge in [0.2, 0.25) is 5.95 Å². The summed E-state index contributed by atoms with van der Waals surface area (Å²) in [5, 5.41) is 15.7. The highest BCUT2D eigenvalue weighted by Crippen LogP contribution is 2.35. The second kappa shape index (κ2) is 5.68. The van der Waals surface area contributed by atoms with Gasteiger partial charge >= 0.3 is 0 Å². The van der Waals surface area contributed by atoms with E-state index in [2.05, 4.69) is 39.9 Å². The SMILES string of the molecule is Cc1ccc(-n2nnnc2NC2CCCC3OCCC23)cc1. The zero-order chi connectivity index (χ0) is 14.9. The zero-order valence-corrected chi connectivity index (χ0v) is 12.8. The first-order chi connectivity index (χ1) is 10.8. The van der Waals surface area contributed by atoms with Crippen molar-refractivity contribution in [2.24, 2.45) is 5.92 Å². The molecule has 1 saturated carbocycles. The first-order valence-corrected chi connectivity index (χ1v) is 8.05. The van der Waals surface area contributed by atoms with Crippen molar-refractivity contribution in [2.45, 2.75) is 44.8 Å². The molecule has 4 rings (SSSR count). The number of anilines is 1. The summed E-state index contributed by atoms with van der Waals surface area (Å²) in [6.45, 7) is 2.96. The molecule has 2 aromatic rings. The van der Waals surface area contributed by atoms with Crippen LogP contribution in [-0.2, 0) is 4.74 Å². The van der Waals surface area contributed by atoms with Gasteiger partial charge in [0.1, 0.15) is 0 Å².